The van der Waals surface area contributed by atoms with Gasteiger partial charge < -0.3 is 9.73 Å². The molecule has 2 aromatic heterocycles. The fourth-order valence-electron chi connectivity index (χ4n) is 3.35. The van der Waals surface area contributed by atoms with Gasteiger partial charge in [-0.25, -0.2) is 4.79 Å². The molecule has 1 atom stereocenters. The average molecular weight is 462 g/mol. The van der Waals surface area contributed by atoms with Gasteiger partial charge in [0.1, 0.15) is 11.0 Å². The second kappa shape index (κ2) is 10.2. The molecule has 2 N–H and O–H groups in total. The summed E-state index contributed by atoms with van der Waals surface area (Å²) >= 11 is 1.24. The van der Waals surface area contributed by atoms with Crippen molar-refractivity contribution in [3.63, 3.8) is 0 Å². The van der Waals surface area contributed by atoms with Crippen LogP contribution in [0.3, 0.4) is 0 Å². The molecule has 8 nitrogen and oxygen atoms in total. The summed E-state index contributed by atoms with van der Waals surface area (Å²) in [5.74, 6) is 0.928. The van der Waals surface area contributed by atoms with Crippen LogP contribution in [-0.4, -0.2) is 33.8 Å². The molecule has 2 aromatic carbocycles. The third-order valence-corrected chi connectivity index (χ3v) is 6.26. The minimum Gasteiger partial charge on any atom is -0.469 e. The second-order valence-corrected chi connectivity index (χ2v) is 8.32. The molecule has 0 radical (unpaired) electrons. The molecule has 4 aromatic rings. The van der Waals surface area contributed by atoms with E-state index in [-0.39, 0.29) is 0 Å². The van der Waals surface area contributed by atoms with Crippen LogP contribution < -0.4 is 10.6 Å². The summed E-state index contributed by atoms with van der Waals surface area (Å²) < 4.78 is 7.44. The number of aryl methyl sites for hydroxylation is 1. The van der Waals surface area contributed by atoms with Crippen molar-refractivity contribution in [1.82, 2.24) is 25.4 Å². The van der Waals surface area contributed by atoms with Gasteiger partial charge in [-0.3, -0.25) is 14.7 Å². The van der Waals surface area contributed by atoms with Crippen molar-refractivity contribution >= 4 is 23.7 Å². The van der Waals surface area contributed by atoms with Gasteiger partial charge in [0.25, 0.3) is 0 Å². The van der Waals surface area contributed by atoms with Crippen LogP contribution in [0, 0.1) is 6.92 Å². The number of nitrogens with one attached hydrogen (secondary N) is 2. The van der Waals surface area contributed by atoms with Crippen molar-refractivity contribution in [3.05, 3.63) is 89.9 Å². The highest BCUT2D eigenvalue weighted by molar-refractivity contribution is 8.00. The maximum absolute atomic E-state index is 13.0. The largest absolute Gasteiger partial charge is 0.469 e. The Morgan fingerprint density at radius 1 is 1.03 bits per heavy atom. The number of hydrogen-bond acceptors (Lipinski definition) is 6. The molecule has 3 amide bonds. The summed E-state index contributed by atoms with van der Waals surface area (Å²) in [4.78, 5) is 24.8. The van der Waals surface area contributed by atoms with Crippen LogP contribution in [-0.2, 0) is 11.3 Å². The molecule has 2 heterocycles. The van der Waals surface area contributed by atoms with Crippen LogP contribution in [0.1, 0.15) is 22.1 Å². The molecule has 0 saturated heterocycles. The zero-order chi connectivity index (χ0) is 23.2. The molecule has 0 unspecified atom stereocenters. The van der Waals surface area contributed by atoms with Crippen LogP contribution >= 0.6 is 11.8 Å². The quantitative estimate of drug-likeness (QED) is 0.400. The van der Waals surface area contributed by atoms with Gasteiger partial charge in [-0.1, -0.05) is 72.4 Å². The van der Waals surface area contributed by atoms with Crippen molar-refractivity contribution in [2.45, 2.75) is 23.9 Å². The van der Waals surface area contributed by atoms with E-state index in [0.29, 0.717) is 17.5 Å². The van der Waals surface area contributed by atoms with E-state index in [1.54, 1.807) is 6.26 Å². The van der Waals surface area contributed by atoms with Gasteiger partial charge in [-0.2, -0.15) is 0 Å². The first-order valence-electron chi connectivity index (χ1n) is 10.3. The third-order valence-electron chi connectivity index (χ3n) is 5.03. The highest BCUT2D eigenvalue weighted by Crippen LogP contribution is 2.37. The normalized spacial score (nSPS) is 11.7. The Morgan fingerprint density at radius 2 is 1.73 bits per heavy atom. The van der Waals surface area contributed by atoms with Gasteiger partial charge in [-0.15, -0.1) is 10.2 Å². The van der Waals surface area contributed by atoms with Gasteiger partial charge in [-0.05, 0) is 24.1 Å². The zero-order valence-electron chi connectivity index (χ0n) is 18.2. The monoisotopic (exact) mass is 461 g/mol. The Morgan fingerprint density at radius 3 is 2.36 bits per heavy atom. The Bertz CT molecular complexity index is 1240. The summed E-state index contributed by atoms with van der Waals surface area (Å²) in [6.45, 7) is 2.38. The van der Waals surface area contributed by atoms with Gasteiger partial charge in [0.05, 0.1) is 18.4 Å². The van der Waals surface area contributed by atoms with Crippen LogP contribution in [0.15, 0.2) is 82.6 Å². The SMILES string of the molecule is CNC(=O)NC(=O)[C@H](Sc1nnc(-c2ccoc2C)n1Cc1ccccc1)c1ccccc1. The number of nitrogens with zero attached hydrogens (tertiary/aromatic N) is 3. The molecule has 0 spiro atoms. The first-order chi connectivity index (χ1) is 16.1. The lowest BCUT2D eigenvalue weighted by Crippen LogP contribution is -2.39. The zero-order valence-corrected chi connectivity index (χ0v) is 19.0. The Kier molecular flexibility index (Phi) is 6.89. The summed E-state index contributed by atoms with van der Waals surface area (Å²) in [7, 11) is 1.46. The fraction of sp³-hybridized carbons (Fsp3) is 0.167. The lowest BCUT2D eigenvalue weighted by atomic mass is 10.1. The smallest absolute Gasteiger partial charge is 0.321 e. The number of aromatic nitrogens is 3. The number of carbonyl (C=O) groups excluding carboxylic acids is 2. The highest BCUT2D eigenvalue weighted by Gasteiger charge is 2.27. The van der Waals surface area contributed by atoms with Gasteiger partial charge in [0, 0.05) is 7.05 Å². The first kappa shape index (κ1) is 22.3. The fourth-order valence-corrected chi connectivity index (χ4v) is 4.38. The van der Waals surface area contributed by atoms with Crippen molar-refractivity contribution in [1.29, 1.82) is 0 Å². The number of thioether (sulfide) groups is 1. The lowest BCUT2D eigenvalue weighted by Gasteiger charge is -2.17. The molecule has 0 aliphatic rings. The van der Waals surface area contributed by atoms with E-state index in [2.05, 4.69) is 20.8 Å². The number of urea groups is 1. The van der Waals surface area contributed by atoms with Crippen LogP contribution in [0.4, 0.5) is 4.79 Å². The number of furan rings is 1. The highest BCUT2D eigenvalue weighted by atomic mass is 32.2. The van der Waals surface area contributed by atoms with E-state index >= 15 is 0 Å². The molecule has 4 rings (SSSR count). The Labute approximate surface area is 195 Å². The number of hydrogen-bond donors (Lipinski definition) is 2. The van der Waals surface area contributed by atoms with Gasteiger partial charge in [0.2, 0.25) is 5.91 Å². The molecule has 33 heavy (non-hydrogen) atoms. The standard InChI is InChI=1S/C24H23N5O3S/c1-16-19(13-14-32-16)21-27-28-24(29(21)15-17-9-5-3-6-10-17)33-20(18-11-7-4-8-12-18)22(30)26-23(31)25-2/h3-14,20H,15H2,1-2H3,(H2,25,26,30,31)/t20-/m1/s1. The predicted octanol–water partition coefficient (Wildman–Crippen LogP) is 4.18. The summed E-state index contributed by atoms with van der Waals surface area (Å²) in [5, 5.41) is 13.5. The summed E-state index contributed by atoms with van der Waals surface area (Å²) in [5.41, 5.74) is 2.64. The number of benzene rings is 2. The van der Waals surface area contributed by atoms with Crippen LogP contribution in [0.5, 0.6) is 0 Å². The minimum atomic E-state index is -0.708. The predicted molar refractivity (Wildman–Crippen MR) is 126 cm³/mol. The maximum atomic E-state index is 13.0. The summed E-state index contributed by atoms with van der Waals surface area (Å²) in [6, 6.07) is 20.5. The minimum absolute atomic E-state index is 0.444. The number of carbonyl (C=O) groups is 2. The molecule has 0 fully saturated rings. The first-order valence-corrected chi connectivity index (χ1v) is 11.2. The van der Waals surface area contributed by atoms with Crippen molar-refractivity contribution in [3.8, 4) is 11.4 Å². The maximum Gasteiger partial charge on any atom is 0.321 e. The van der Waals surface area contributed by atoms with Crippen molar-refractivity contribution in [2.75, 3.05) is 7.05 Å². The topological polar surface area (TPSA) is 102 Å². The van der Waals surface area contributed by atoms with Gasteiger partial charge in [0.15, 0.2) is 11.0 Å². The van der Waals surface area contributed by atoms with E-state index in [1.165, 1.54) is 18.8 Å². The second-order valence-electron chi connectivity index (χ2n) is 7.25. The van der Waals surface area contributed by atoms with E-state index in [0.717, 1.165) is 22.5 Å². The third kappa shape index (κ3) is 5.15. The van der Waals surface area contributed by atoms with Crippen LogP contribution in [0.2, 0.25) is 0 Å². The number of amides is 3. The molecular formula is C24H23N5O3S. The van der Waals surface area contributed by atoms with E-state index in [4.69, 9.17) is 4.42 Å². The van der Waals surface area contributed by atoms with Gasteiger partial charge >= 0.3 is 6.03 Å². The van der Waals surface area contributed by atoms with Crippen molar-refractivity contribution < 1.29 is 14.0 Å². The van der Waals surface area contributed by atoms with E-state index < -0.39 is 17.2 Å². The molecule has 0 aliphatic carbocycles. The van der Waals surface area contributed by atoms with E-state index in [9.17, 15) is 9.59 Å². The summed E-state index contributed by atoms with van der Waals surface area (Å²) in [6.07, 6.45) is 1.61. The van der Waals surface area contributed by atoms with E-state index in [1.807, 2.05) is 78.2 Å². The molecule has 0 aliphatic heterocycles. The molecule has 9 heteroatoms. The average Bonchev–Trinajstić information content (AvgIpc) is 3.43. The number of imide groups is 1. The van der Waals surface area contributed by atoms with Crippen LogP contribution in [0.25, 0.3) is 11.4 Å². The lowest BCUT2D eigenvalue weighted by molar-refractivity contribution is -0.119. The Balaban J connectivity index is 1.74. The molecule has 168 valence electrons. The Hall–Kier alpha value is -3.85. The molecule has 0 saturated carbocycles. The molecule has 0 bridgehead atoms. The number of rotatable bonds is 7. The molecular weight excluding hydrogens is 438 g/mol. The van der Waals surface area contributed by atoms with Crippen molar-refractivity contribution in [2.24, 2.45) is 0 Å².